The second-order valence-electron chi connectivity index (χ2n) is 8.51. The molecule has 0 saturated carbocycles. The molecule has 3 nitrogen and oxygen atoms in total. The Kier molecular flexibility index (Phi) is 4.17. The van der Waals surface area contributed by atoms with Crippen molar-refractivity contribution in [3.8, 4) is 5.75 Å². The lowest BCUT2D eigenvalue weighted by Crippen LogP contribution is -2.44. The van der Waals surface area contributed by atoms with Crippen LogP contribution in [0.4, 0.5) is 8.63 Å². The van der Waals surface area contributed by atoms with Crippen molar-refractivity contribution in [2.24, 2.45) is 0 Å². The maximum atomic E-state index is 14.2. The molecule has 3 aliphatic heterocycles. The first-order valence-electron chi connectivity index (χ1n) is 10.9. The van der Waals surface area contributed by atoms with E-state index in [1.165, 1.54) is 16.5 Å². The number of hydrogen-bond donors (Lipinski definition) is 0. The van der Waals surface area contributed by atoms with Crippen LogP contribution in [0.3, 0.4) is 0 Å². The van der Waals surface area contributed by atoms with E-state index in [9.17, 15) is 8.63 Å². The molecule has 0 radical (unpaired) electrons. The molecule has 3 heterocycles. The summed E-state index contributed by atoms with van der Waals surface area (Å²) in [6.45, 7) is 2.25. The monoisotopic (exact) mass is 417 g/mol. The Labute approximate surface area is 179 Å². The molecule has 6 heteroatoms. The molecule has 0 fully saturated rings. The third-order valence-electron chi connectivity index (χ3n) is 6.45. The SMILES string of the molecule is F[B-]1(F)O/C(=C/C=c2cc3c4c(c2)CCC[N+]=4CCC3)c2c(ccc3ccccc23)O1. The molecule has 6 rings (SSSR count). The van der Waals surface area contributed by atoms with Gasteiger partial charge < -0.3 is 17.9 Å². The fourth-order valence-electron chi connectivity index (χ4n) is 5.20. The molecule has 0 aliphatic carbocycles. The lowest BCUT2D eigenvalue weighted by Gasteiger charge is -2.36. The van der Waals surface area contributed by atoms with Crippen molar-refractivity contribution in [2.45, 2.75) is 25.7 Å². The van der Waals surface area contributed by atoms with E-state index in [0.29, 0.717) is 5.56 Å². The number of fused-ring (bicyclic) bond motifs is 3. The van der Waals surface area contributed by atoms with Crippen LogP contribution in [0, 0.1) is 0 Å². The van der Waals surface area contributed by atoms with Crippen LogP contribution < -0.4 is 19.8 Å². The Hall–Kier alpha value is -3.15. The van der Waals surface area contributed by atoms with E-state index >= 15 is 0 Å². The Morgan fingerprint density at radius 1 is 0.871 bits per heavy atom. The molecule has 0 unspecified atom stereocenters. The molecule has 3 aromatic carbocycles. The van der Waals surface area contributed by atoms with Crippen LogP contribution in [0.2, 0.25) is 0 Å². The summed E-state index contributed by atoms with van der Waals surface area (Å²) >= 11 is 0. The molecule has 31 heavy (non-hydrogen) atoms. The highest BCUT2D eigenvalue weighted by Crippen LogP contribution is 2.41. The van der Waals surface area contributed by atoms with E-state index in [0.717, 1.165) is 54.8 Å². The summed E-state index contributed by atoms with van der Waals surface area (Å²) in [6, 6.07) is 15.5. The number of benzene rings is 3. The highest BCUT2D eigenvalue weighted by atomic mass is 19.3. The van der Waals surface area contributed by atoms with Crippen molar-refractivity contribution in [1.82, 2.24) is 4.58 Å². The molecule has 0 spiro atoms. The van der Waals surface area contributed by atoms with Crippen molar-refractivity contribution in [2.75, 3.05) is 13.1 Å². The smallest absolute Gasteiger partial charge is 0.627 e. The minimum atomic E-state index is -4.40. The van der Waals surface area contributed by atoms with E-state index < -0.39 is 7.11 Å². The Morgan fingerprint density at radius 3 is 2.39 bits per heavy atom. The minimum absolute atomic E-state index is 0.149. The second-order valence-corrected chi connectivity index (χ2v) is 8.51. The molecule has 0 atom stereocenters. The summed E-state index contributed by atoms with van der Waals surface area (Å²) in [7, 11) is -4.40. The van der Waals surface area contributed by atoms with Crippen LogP contribution in [-0.2, 0) is 17.5 Å². The van der Waals surface area contributed by atoms with Gasteiger partial charge in [0.25, 0.3) is 0 Å². The van der Waals surface area contributed by atoms with Gasteiger partial charge >= 0.3 is 7.11 Å². The maximum absolute atomic E-state index is 14.2. The van der Waals surface area contributed by atoms with Crippen molar-refractivity contribution in [3.05, 3.63) is 81.9 Å². The summed E-state index contributed by atoms with van der Waals surface area (Å²) < 4.78 is 40.9. The van der Waals surface area contributed by atoms with Crippen molar-refractivity contribution in [3.63, 3.8) is 0 Å². The lowest BCUT2D eigenvalue weighted by molar-refractivity contribution is 0.212. The quantitative estimate of drug-likeness (QED) is 0.444. The highest BCUT2D eigenvalue weighted by Gasteiger charge is 2.39. The largest absolute Gasteiger partial charge is 0.725 e. The maximum Gasteiger partial charge on any atom is 0.725 e. The average molecular weight is 417 g/mol. The number of aryl methyl sites for hydroxylation is 2. The first-order chi connectivity index (χ1) is 15.1. The third-order valence-corrected chi connectivity index (χ3v) is 6.45. The fraction of sp³-hybridized carbons (Fsp3) is 0.240. The Bertz CT molecular complexity index is 1340. The van der Waals surface area contributed by atoms with Crippen LogP contribution in [-0.4, -0.2) is 20.2 Å². The molecule has 3 aromatic rings. The normalized spacial score (nSPS) is 19.9. The predicted octanol–water partition coefficient (Wildman–Crippen LogP) is 3.83. The van der Waals surface area contributed by atoms with E-state index in [1.807, 2.05) is 30.3 Å². The van der Waals surface area contributed by atoms with Gasteiger partial charge in [-0.2, -0.15) is 0 Å². The van der Waals surface area contributed by atoms with Crippen molar-refractivity contribution in [1.29, 1.82) is 0 Å². The minimum Gasteiger partial charge on any atom is -0.627 e. The standard InChI is InChI=1S/C25H22BF2NO2/c27-26(28)30-22(24-21-8-2-1-5-18(21)10-12-23(24)31-26)11-9-17-15-19-6-3-13-29-14-4-7-20(16-17)25(19)29/h1-2,5,8-12,15-16H,3-4,6-7,13-14H2/b22-11+. The number of allylic oxidation sites excluding steroid dienone is 1. The van der Waals surface area contributed by atoms with Gasteiger partial charge in [0.15, 0.2) is 0 Å². The van der Waals surface area contributed by atoms with Gasteiger partial charge in [-0.1, -0.05) is 36.4 Å². The van der Waals surface area contributed by atoms with Gasteiger partial charge in [-0.3, -0.25) is 0 Å². The zero-order chi connectivity index (χ0) is 21.0. The zero-order valence-corrected chi connectivity index (χ0v) is 17.1. The number of nitrogens with zero attached hydrogens (tertiary/aromatic N) is 1. The fourth-order valence-corrected chi connectivity index (χ4v) is 5.20. The average Bonchev–Trinajstić information content (AvgIpc) is 2.77. The van der Waals surface area contributed by atoms with E-state index in [1.54, 1.807) is 18.2 Å². The first-order valence-corrected chi connectivity index (χ1v) is 10.9. The van der Waals surface area contributed by atoms with Gasteiger partial charge in [-0.05, 0) is 53.1 Å². The van der Waals surface area contributed by atoms with Crippen LogP contribution in [0.5, 0.6) is 5.75 Å². The van der Waals surface area contributed by atoms with E-state index in [-0.39, 0.29) is 11.5 Å². The van der Waals surface area contributed by atoms with Crippen molar-refractivity contribution >= 4 is 29.7 Å². The Balaban J connectivity index is 1.53. The molecular formula is C25H22BF2NO2. The van der Waals surface area contributed by atoms with Gasteiger partial charge in [0.1, 0.15) is 13.1 Å². The summed E-state index contributed by atoms with van der Waals surface area (Å²) in [6.07, 6.45) is 8.01. The molecule has 0 bridgehead atoms. The summed E-state index contributed by atoms with van der Waals surface area (Å²) in [5.41, 5.74) is 3.30. The second kappa shape index (κ2) is 6.94. The van der Waals surface area contributed by atoms with Crippen LogP contribution in [0.25, 0.3) is 22.6 Å². The number of hydrogen-bond acceptors (Lipinski definition) is 2. The summed E-state index contributed by atoms with van der Waals surface area (Å²) in [5, 5.41) is 4.21. The summed E-state index contributed by atoms with van der Waals surface area (Å²) in [4.78, 5) is 0. The molecule has 0 amide bonds. The van der Waals surface area contributed by atoms with Gasteiger partial charge in [-0.15, -0.1) is 0 Å². The van der Waals surface area contributed by atoms with Gasteiger partial charge in [0.2, 0.25) is 5.36 Å². The van der Waals surface area contributed by atoms with E-state index in [2.05, 4.69) is 16.7 Å². The predicted molar refractivity (Wildman–Crippen MR) is 119 cm³/mol. The highest BCUT2D eigenvalue weighted by molar-refractivity contribution is 6.54. The topological polar surface area (TPSA) is 21.5 Å². The zero-order valence-electron chi connectivity index (χ0n) is 17.1. The van der Waals surface area contributed by atoms with Crippen molar-refractivity contribution < 1.29 is 17.9 Å². The molecule has 3 aliphatic rings. The third kappa shape index (κ3) is 3.21. The molecule has 0 aromatic heterocycles. The van der Waals surface area contributed by atoms with Crippen LogP contribution in [0.15, 0.2) is 54.6 Å². The molecule has 0 N–H and O–H groups in total. The van der Waals surface area contributed by atoms with E-state index in [4.69, 9.17) is 9.31 Å². The lowest BCUT2D eigenvalue weighted by atomic mass is 9.95. The van der Waals surface area contributed by atoms with Crippen LogP contribution in [0.1, 0.15) is 29.5 Å². The number of rotatable bonds is 1. The van der Waals surface area contributed by atoms with Gasteiger partial charge in [0, 0.05) is 24.0 Å². The van der Waals surface area contributed by atoms with Gasteiger partial charge in [-0.25, -0.2) is 4.58 Å². The molecule has 0 saturated heterocycles. The number of halogens is 2. The molecule has 156 valence electrons. The molecular weight excluding hydrogens is 395 g/mol. The first kappa shape index (κ1) is 18.6. The Morgan fingerprint density at radius 2 is 1.61 bits per heavy atom. The summed E-state index contributed by atoms with van der Waals surface area (Å²) in [5.74, 6) is 0.307. The van der Waals surface area contributed by atoms with Crippen LogP contribution >= 0.6 is 0 Å². The van der Waals surface area contributed by atoms with Gasteiger partial charge in [0.05, 0.1) is 17.1 Å².